The van der Waals surface area contributed by atoms with Crippen LogP contribution in [0.25, 0.3) is 11.3 Å². The maximum atomic E-state index is 11.7. The molecule has 2 N–H and O–H groups in total. The first kappa shape index (κ1) is 20.1. The molecule has 2 aliphatic heterocycles. The fraction of sp³-hybridized carbons (Fsp3) is 0.500. The molecule has 1 atom stereocenters. The first-order chi connectivity index (χ1) is 13.9. The van der Waals surface area contributed by atoms with Crippen molar-refractivity contribution in [1.82, 2.24) is 15.1 Å². The van der Waals surface area contributed by atoms with Gasteiger partial charge in [0.05, 0.1) is 18.1 Å². The monoisotopic (exact) mass is 418 g/mol. The Labute approximate surface area is 170 Å². The van der Waals surface area contributed by atoms with Crippen LogP contribution in [0.3, 0.4) is 0 Å². The van der Waals surface area contributed by atoms with Crippen molar-refractivity contribution in [3.05, 3.63) is 29.3 Å². The predicted octanol–water partition coefficient (Wildman–Crippen LogP) is 2.18. The smallest absolute Gasteiger partial charge is 0.175 e. The van der Waals surface area contributed by atoms with Crippen molar-refractivity contribution in [2.75, 3.05) is 31.2 Å². The Morgan fingerprint density at radius 3 is 2.79 bits per heavy atom. The van der Waals surface area contributed by atoms with E-state index in [0.29, 0.717) is 30.5 Å². The number of piperidine rings is 1. The van der Waals surface area contributed by atoms with Gasteiger partial charge in [-0.1, -0.05) is 6.92 Å². The molecule has 4 rings (SSSR count). The number of nitrogens with zero attached hydrogens (tertiary/aromatic N) is 3. The largest absolute Gasteiger partial charge is 0.507 e. The molecular formula is C20H26N4O4S. The zero-order valence-electron chi connectivity index (χ0n) is 16.7. The van der Waals surface area contributed by atoms with Crippen molar-refractivity contribution in [2.24, 2.45) is 0 Å². The third-order valence-electron chi connectivity index (χ3n) is 5.62. The van der Waals surface area contributed by atoms with Crippen molar-refractivity contribution in [2.45, 2.75) is 43.9 Å². The topological polar surface area (TPSA) is 105 Å². The number of anilines is 1. The summed E-state index contributed by atoms with van der Waals surface area (Å²) in [6.07, 6.45) is 3.34. The fourth-order valence-electron chi connectivity index (χ4n) is 4.00. The van der Waals surface area contributed by atoms with Crippen molar-refractivity contribution in [1.29, 1.82) is 0 Å². The number of benzene rings is 1. The van der Waals surface area contributed by atoms with Crippen LogP contribution < -0.4 is 5.32 Å². The Morgan fingerprint density at radius 1 is 1.28 bits per heavy atom. The Balaban J connectivity index is 1.65. The molecule has 1 aromatic heterocycles. The average molecular weight is 419 g/mol. The summed E-state index contributed by atoms with van der Waals surface area (Å²) in [7, 11) is -3.40. The van der Waals surface area contributed by atoms with Gasteiger partial charge in [0, 0.05) is 35.5 Å². The fourth-order valence-corrected chi connectivity index (χ4v) is 4.64. The van der Waals surface area contributed by atoms with Crippen LogP contribution in [0.4, 0.5) is 5.82 Å². The van der Waals surface area contributed by atoms with E-state index in [1.54, 1.807) is 6.07 Å². The number of hydrogen-bond acceptors (Lipinski definition) is 8. The lowest BCUT2D eigenvalue weighted by atomic mass is 10.0. The van der Waals surface area contributed by atoms with E-state index in [1.807, 2.05) is 0 Å². The highest BCUT2D eigenvalue weighted by Crippen LogP contribution is 2.37. The molecule has 8 nitrogen and oxygen atoms in total. The van der Waals surface area contributed by atoms with E-state index < -0.39 is 9.84 Å². The van der Waals surface area contributed by atoms with Gasteiger partial charge in [0.2, 0.25) is 0 Å². The van der Waals surface area contributed by atoms with Crippen LogP contribution >= 0.6 is 0 Å². The molecule has 1 unspecified atom stereocenters. The average Bonchev–Trinajstić information content (AvgIpc) is 3.18. The zero-order valence-corrected chi connectivity index (χ0v) is 17.5. The third kappa shape index (κ3) is 4.08. The minimum absolute atomic E-state index is 0.0654. The van der Waals surface area contributed by atoms with Crippen LogP contribution in [-0.4, -0.2) is 60.6 Å². The molecule has 156 valence electrons. The number of likely N-dealkylation sites (tertiary alicyclic amines) is 1. The number of likely N-dealkylation sites (N-methyl/N-ethyl adjacent to an activating group) is 1. The van der Waals surface area contributed by atoms with Gasteiger partial charge in [-0.25, -0.2) is 8.42 Å². The van der Waals surface area contributed by atoms with E-state index in [-0.39, 0.29) is 10.6 Å². The van der Waals surface area contributed by atoms with E-state index in [9.17, 15) is 13.5 Å². The lowest BCUT2D eigenvalue weighted by molar-refractivity contribution is 0.134. The van der Waals surface area contributed by atoms with Gasteiger partial charge in [-0.15, -0.1) is 10.2 Å². The van der Waals surface area contributed by atoms with E-state index in [0.717, 1.165) is 55.7 Å². The lowest BCUT2D eigenvalue weighted by Crippen LogP contribution is -2.42. The number of sulfone groups is 1. The summed E-state index contributed by atoms with van der Waals surface area (Å²) in [5.41, 5.74) is 2.82. The van der Waals surface area contributed by atoms with Crippen LogP contribution in [0.2, 0.25) is 0 Å². The Hall–Kier alpha value is -2.23. The van der Waals surface area contributed by atoms with E-state index in [4.69, 9.17) is 4.74 Å². The molecule has 1 aromatic carbocycles. The quantitative estimate of drug-likeness (QED) is 0.761. The van der Waals surface area contributed by atoms with Gasteiger partial charge in [-0.05, 0) is 44.1 Å². The minimum atomic E-state index is -3.40. The van der Waals surface area contributed by atoms with Gasteiger partial charge in [-0.3, -0.25) is 0 Å². The molecule has 9 heteroatoms. The number of aromatic hydroxyl groups is 1. The van der Waals surface area contributed by atoms with E-state index in [2.05, 4.69) is 27.3 Å². The number of ether oxygens (including phenoxy) is 1. The number of hydrogen-bond donors (Lipinski definition) is 2. The highest BCUT2D eigenvalue weighted by atomic mass is 32.2. The van der Waals surface area contributed by atoms with Gasteiger partial charge in [0.15, 0.2) is 15.7 Å². The van der Waals surface area contributed by atoms with E-state index in [1.165, 1.54) is 12.1 Å². The molecule has 3 heterocycles. The van der Waals surface area contributed by atoms with Crippen LogP contribution in [0.5, 0.6) is 5.75 Å². The molecular weight excluding hydrogens is 392 g/mol. The molecule has 0 saturated carbocycles. The maximum absolute atomic E-state index is 11.7. The van der Waals surface area contributed by atoms with Crippen molar-refractivity contribution in [3.63, 3.8) is 0 Å². The second kappa shape index (κ2) is 7.89. The normalized spacial score (nSPS) is 19.9. The van der Waals surface area contributed by atoms with Gasteiger partial charge in [0.1, 0.15) is 11.4 Å². The Kier molecular flexibility index (Phi) is 5.46. The molecule has 0 aliphatic carbocycles. The highest BCUT2D eigenvalue weighted by Gasteiger charge is 2.27. The summed E-state index contributed by atoms with van der Waals surface area (Å²) in [5, 5.41) is 22.7. The summed E-state index contributed by atoms with van der Waals surface area (Å²) >= 11 is 0. The number of nitrogens with one attached hydrogen (secondary N) is 1. The summed E-state index contributed by atoms with van der Waals surface area (Å²) in [6, 6.07) is 4.61. The summed E-state index contributed by atoms with van der Waals surface area (Å²) in [5.74, 6) is 0.597. The number of phenols is 1. The number of rotatable bonds is 5. The van der Waals surface area contributed by atoms with Crippen LogP contribution in [0.1, 0.15) is 30.9 Å². The van der Waals surface area contributed by atoms with E-state index >= 15 is 0 Å². The Morgan fingerprint density at radius 2 is 2.07 bits per heavy atom. The predicted molar refractivity (Wildman–Crippen MR) is 109 cm³/mol. The lowest BCUT2D eigenvalue weighted by Gasteiger charge is -2.32. The van der Waals surface area contributed by atoms with Crippen molar-refractivity contribution in [3.8, 4) is 17.0 Å². The van der Waals surface area contributed by atoms with Crippen LogP contribution in [-0.2, 0) is 27.8 Å². The van der Waals surface area contributed by atoms with Gasteiger partial charge < -0.3 is 20.1 Å². The summed E-state index contributed by atoms with van der Waals surface area (Å²) in [4.78, 5) is 2.48. The molecule has 1 fully saturated rings. The van der Waals surface area contributed by atoms with Crippen LogP contribution in [0, 0.1) is 0 Å². The van der Waals surface area contributed by atoms with Gasteiger partial charge in [0.25, 0.3) is 0 Å². The molecule has 1 saturated heterocycles. The number of phenolic OH excluding ortho intramolecular Hbond substituents is 1. The molecule has 0 radical (unpaired) electrons. The molecule has 2 aromatic rings. The first-order valence-electron chi connectivity index (χ1n) is 9.85. The molecule has 29 heavy (non-hydrogen) atoms. The first-order valence-corrected chi connectivity index (χ1v) is 11.7. The minimum Gasteiger partial charge on any atom is -0.507 e. The Bertz CT molecular complexity index is 1030. The third-order valence-corrected chi connectivity index (χ3v) is 6.74. The maximum Gasteiger partial charge on any atom is 0.175 e. The van der Waals surface area contributed by atoms with Crippen LogP contribution in [0.15, 0.2) is 23.1 Å². The van der Waals surface area contributed by atoms with Gasteiger partial charge in [-0.2, -0.15) is 0 Å². The number of fused-ring (bicyclic) bond motifs is 1. The molecule has 2 aliphatic rings. The summed E-state index contributed by atoms with van der Waals surface area (Å²) in [6.45, 7) is 6.13. The SMILES string of the molecule is CCN1CCCC(Nc2nnc(-c3ccc(S(C)(=O)=O)cc3O)c3c2COC3)C1. The van der Waals surface area contributed by atoms with Crippen molar-refractivity contribution >= 4 is 15.7 Å². The highest BCUT2D eigenvalue weighted by molar-refractivity contribution is 7.90. The molecule has 0 bridgehead atoms. The second-order valence-corrected chi connectivity index (χ2v) is 9.69. The number of aromatic nitrogens is 2. The second-order valence-electron chi connectivity index (χ2n) is 7.67. The van der Waals surface area contributed by atoms with Gasteiger partial charge >= 0.3 is 0 Å². The standard InChI is InChI=1S/C20H26N4O4S/c1-3-24-8-4-5-13(10-24)21-20-17-12-28-11-16(17)19(22-23-20)15-7-6-14(9-18(15)25)29(2,26)27/h6-7,9,13,25H,3-5,8,10-12H2,1-2H3,(H,21,23). The zero-order chi connectivity index (χ0) is 20.6. The molecule has 0 amide bonds. The summed E-state index contributed by atoms with van der Waals surface area (Å²) < 4.78 is 29.1. The molecule has 0 spiro atoms. The van der Waals surface area contributed by atoms with Crippen molar-refractivity contribution < 1.29 is 18.3 Å².